The fourth-order valence-corrected chi connectivity index (χ4v) is 3.86. The number of nitrogens with zero attached hydrogens (tertiary/aromatic N) is 1. The first kappa shape index (κ1) is 28.3. The summed E-state index contributed by atoms with van der Waals surface area (Å²) in [5.74, 6) is -2.28. The molecule has 0 aliphatic rings. The van der Waals surface area contributed by atoms with Gasteiger partial charge in [-0.25, -0.2) is 9.78 Å². The van der Waals surface area contributed by atoms with Gasteiger partial charge < -0.3 is 4.74 Å². The van der Waals surface area contributed by atoms with Gasteiger partial charge in [-0.2, -0.15) is 25.6 Å². The molecule has 0 aromatic carbocycles. The molecule has 1 N–H and O–H groups in total. The van der Waals surface area contributed by atoms with Gasteiger partial charge in [-0.1, -0.05) is 57.4 Å². The number of carbonyl (C=O) groups excluding carboxylic acids is 1. The second-order valence-electron chi connectivity index (χ2n) is 7.11. The van der Waals surface area contributed by atoms with Gasteiger partial charge in [-0.3, -0.25) is 8.74 Å². The van der Waals surface area contributed by atoms with Gasteiger partial charge in [-0.05, 0) is 25.0 Å². The van der Waals surface area contributed by atoms with E-state index in [1.165, 1.54) is 12.3 Å². The van der Waals surface area contributed by atoms with Crippen LogP contribution in [0.1, 0.15) is 64.2 Å². The Morgan fingerprint density at radius 2 is 1.38 bits per heavy atom. The molecule has 13 heteroatoms. The van der Waals surface area contributed by atoms with Crippen LogP contribution in [0.25, 0.3) is 0 Å². The summed E-state index contributed by atoms with van der Waals surface area (Å²) in [6, 6.07) is 4.58. The number of rotatable bonds is 17. The molecule has 1 aromatic rings. The van der Waals surface area contributed by atoms with Gasteiger partial charge in [0.15, 0.2) is 5.03 Å². The number of hydrogen-bond acceptors (Lipinski definition) is 8. The molecular formula is C19H29F2NO8S2. The second-order valence-corrected chi connectivity index (χ2v) is 10.1. The summed E-state index contributed by atoms with van der Waals surface area (Å²) in [7, 11) is -9.64. The van der Waals surface area contributed by atoms with Crippen LogP contribution >= 0.6 is 0 Å². The Labute approximate surface area is 187 Å². The molecule has 0 saturated heterocycles. The van der Waals surface area contributed by atoms with E-state index in [0.717, 1.165) is 44.9 Å². The van der Waals surface area contributed by atoms with Crippen LogP contribution in [0.5, 0.6) is 0 Å². The smallest absolute Gasteiger partial charge is 0.460 e. The molecule has 0 spiro atoms. The summed E-state index contributed by atoms with van der Waals surface area (Å²) in [5.41, 5.74) is 0. The Hall–Kier alpha value is -1.70. The van der Waals surface area contributed by atoms with Gasteiger partial charge >= 0.3 is 31.5 Å². The van der Waals surface area contributed by atoms with E-state index in [9.17, 15) is 30.4 Å². The van der Waals surface area contributed by atoms with Crippen molar-refractivity contribution >= 4 is 26.2 Å². The van der Waals surface area contributed by atoms with E-state index in [0.29, 0.717) is 19.3 Å². The lowest BCUT2D eigenvalue weighted by molar-refractivity contribution is -0.161. The average molecular weight is 502 g/mol. The van der Waals surface area contributed by atoms with Gasteiger partial charge in [0.25, 0.3) is 0 Å². The highest BCUT2D eigenvalue weighted by atomic mass is 32.2. The molecule has 184 valence electrons. The Bertz CT molecular complexity index is 893. The standard InChI is InChI=1S/C19H29F2NO8S2/c20-19(21,32(26,27)28)18(23)29-15-11-7-5-3-1-2-4-6-8-12-16-30-31(24,25)17-13-9-10-14-22-17/h9-10,13-14H,1-8,11-12,15-16H2,(H,26,27,28). The molecule has 1 aromatic heterocycles. The maximum absolute atomic E-state index is 12.9. The quantitative estimate of drug-likeness (QED) is 0.146. The third-order valence-electron chi connectivity index (χ3n) is 4.47. The second kappa shape index (κ2) is 13.8. The molecule has 9 nitrogen and oxygen atoms in total. The fraction of sp³-hybridized carbons (Fsp3) is 0.684. The lowest BCUT2D eigenvalue weighted by atomic mass is 10.1. The van der Waals surface area contributed by atoms with Crippen molar-refractivity contribution in [1.29, 1.82) is 0 Å². The van der Waals surface area contributed by atoms with Crippen molar-refractivity contribution < 1.29 is 43.9 Å². The van der Waals surface area contributed by atoms with Crippen molar-refractivity contribution in [2.24, 2.45) is 0 Å². The Balaban J connectivity index is 1.95. The maximum Gasteiger partial charge on any atom is 0.465 e. The number of hydrogen-bond donors (Lipinski definition) is 1. The highest BCUT2D eigenvalue weighted by molar-refractivity contribution is 7.87. The van der Waals surface area contributed by atoms with Crippen molar-refractivity contribution in [3.8, 4) is 0 Å². The van der Waals surface area contributed by atoms with Crippen LogP contribution in [-0.4, -0.2) is 50.8 Å². The molecule has 0 amide bonds. The number of ether oxygens (including phenoxy) is 1. The summed E-state index contributed by atoms with van der Waals surface area (Å²) in [6.07, 6.45) is 9.46. The number of carbonyl (C=O) groups is 1. The van der Waals surface area contributed by atoms with Crippen molar-refractivity contribution in [2.75, 3.05) is 13.2 Å². The van der Waals surface area contributed by atoms with Crippen LogP contribution in [0.4, 0.5) is 8.78 Å². The fourth-order valence-electron chi connectivity index (χ4n) is 2.70. The molecule has 0 saturated carbocycles. The van der Waals surface area contributed by atoms with Crippen LogP contribution in [0.2, 0.25) is 0 Å². The molecule has 1 rings (SSSR count). The molecule has 0 atom stereocenters. The molecule has 0 aliphatic heterocycles. The summed E-state index contributed by atoms with van der Waals surface area (Å²) >= 11 is 0. The first-order chi connectivity index (χ1) is 15.0. The Kier molecular flexibility index (Phi) is 12.2. The highest BCUT2D eigenvalue weighted by Gasteiger charge is 2.54. The number of aromatic nitrogens is 1. The predicted octanol–water partition coefficient (Wildman–Crippen LogP) is 3.71. The van der Waals surface area contributed by atoms with E-state index in [4.69, 9.17) is 8.74 Å². The molecule has 0 unspecified atom stereocenters. The molecule has 0 aliphatic carbocycles. The van der Waals surface area contributed by atoms with Gasteiger partial charge in [0.05, 0.1) is 13.2 Å². The van der Waals surface area contributed by atoms with E-state index >= 15 is 0 Å². The minimum atomic E-state index is -5.83. The minimum absolute atomic E-state index is 0.103. The van der Waals surface area contributed by atoms with Crippen LogP contribution < -0.4 is 0 Å². The van der Waals surface area contributed by atoms with E-state index in [1.807, 2.05) is 0 Å². The number of unbranched alkanes of at least 4 members (excludes halogenated alkanes) is 9. The van der Waals surface area contributed by atoms with Gasteiger partial charge in [0, 0.05) is 6.20 Å². The molecule has 0 radical (unpaired) electrons. The predicted molar refractivity (Wildman–Crippen MR) is 111 cm³/mol. The maximum atomic E-state index is 12.9. The zero-order chi connectivity index (χ0) is 24.1. The zero-order valence-electron chi connectivity index (χ0n) is 17.6. The van der Waals surface area contributed by atoms with E-state index in [1.54, 1.807) is 12.1 Å². The van der Waals surface area contributed by atoms with Gasteiger partial charge in [0.1, 0.15) is 0 Å². The zero-order valence-corrected chi connectivity index (χ0v) is 19.3. The first-order valence-electron chi connectivity index (χ1n) is 10.3. The number of halogens is 2. The van der Waals surface area contributed by atoms with Crippen molar-refractivity contribution in [2.45, 2.75) is 74.5 Å². The van der Waals surface area contributed by atoms with Crippen LogP contribution in [0, 0.1) is 0 Å². The van der Waals surface area contributed by atoms with E-state index in [2.05, 4.69) is 9.72 Å². The van der Waals surface area contributed by atoms with Gasteiger partial charge in [0.2, 0.25) is 0 Å². The first-order valence-corrected chi connectivity index (χ1v) is 13.2. The topological polar surface area (TPSA) is 137 Å². The molecule has 0 fully saturated rings. The molecule has 32 heavy (non-hydrogen) atoms. The summed E-state index contributed by atoms with van der Waals surface area (Å²) < 4.78 is 87.9. The van der Waals surface area contributed by atoms with Crippen molar-refractivity contribution in [3.63, 3.8) is 0 Å². The van der Waals surface area contributed by atoms with E-state index < -0.39 is 31.5 Å². The molecular weight excluding hydrogens is 472 g/mol. The third kappa shape index (κ3) is 10.3. The molecule has 1 heterocycles. The third-order valence-corrected chi connectivity index (χ3v) is 6.51. The number of alkyl halides is 2. The normalized spacial score (nSPS) is 12.6. The number of esters is 1. The lowest BCUT2D eigenvalue weighted by Gasteiger charge is -2.11. The van der Waals surface area contributed by atoms with Crippen molar-refractivity contribution in [3.05, 3.63) is 24.4 Å². The molecule has 0 bridgehead atoms. The highest BCUT2D eigenvalue weighted by Crippen LogP contribution is 2.22. The monoisotopic (exact) mass is 501 g/mol. The van der Waals surface area contributed by atoms with Crippen LogP contribution in [0.15, 0.2) is 29.4 Å². The summed E-state index contributed by atoms with van der Waals surface area (Å²) in [6.45, 7) is -0.234. The number of pyridine rings is 1. The largest absolute Gasteiger partial charge is 0.465 e. The van der Waals surface area contributed by atoms with Gasteiger partial charge in [-0.15, -0.1) is 0 Å². The summed E-state index contributed by atoms with van der Waals surface area (Å²) in [5, 5.41) is -5.05. The van der Waals surface area contributed by atoms with Crippen LogP contribution in [0.3, 0.4) is 0 Å². The SMILES string of the molecule is O=C(OCCCCCCCCCCCCOS(=O)(=O)c1ccccn1)C(F)(F)S(=O)(=O)O. The average Bonchev–Trinajstić information content (AvgIpc) is 2.73. The Morgan fingerprint density at radius 1 is 0.875 bits per heavy atom. The van der Waals surface area contributed by atoms with Crippen molar-refractivity contribution in [1.82, 2.24) is 4.98 Å². The van der Waals surface area contributed by atoms with E-state index in [-0.39, 0.29) is 18.2 Å². The van der Waals surface area contributed by atoms with Crippen LogP contribution in [-0.2, 0) is 34.0 Å². The minimum Gasteiger partial charge on any atom is -0.460 e. The summed E-state index contributed by atoms with van der Waals surface area (Å²) in [4.78, 5) is 14.7. The Morgan fingerprint density at radius 3 is 1.84 bits per heavy atom. The lowest BCUT2D eigenvalue weighted by Crippen LogP contribution is -2.39.